The zero-order chi connectivity index (χ0) is 14.5. The minimum atomic E-state index is 0.239. The molecule has 0 aliphatic carbocycles. The smallest absolute Gasteiger partial charge is 0.222 e. The predicted molar refractivity (Wildman–Crippen MR) is 79.7 cm³/mol. The molecule has 1 N–H and O–H groups in total. The molecule has 1 aliphatic rings. The van der Waals surface area contributed by atoms with Crippen molar-refractivity contribution in [3.8, 4) is 0 Å². The van der Waals surface area contributed by atoms with Crippen LogP contribution in [0.5, 0.6) is 0 Å². The Hall–Kier alpha value is -2.17. The van der Waals surface area contributed by atoms with Gasteiger partial charge in [0, 0.05) is 50.2 Å². The third-order valence-corrected chi connectivity index (χ3v) is 4.06. The number of piperidine rings is 1. The fraction of sp³-hybridized carbons (Fsp3) is 0.438. The molecule has 2 aromatic heterocycles. The fourth-order valence-corrected chi connectivity index (χ4v) is 2.89. The number of pyridine rings is 1. The van der Waals surface area contributed by atoms with Gasteiger partial charge in [0.15, 0.2) is 0 Å². The maximum Gasteiger partial charge on any atom is 0.222 e. The van der Waals surface area contributed by atoms with E-state index in [1.54, 1.807) is 18.6 Å². The van der Waals surface area contributed by atoms with E-state index in [2.05, 4.69) is 15.0 Å². The number of aromatic amines is 1. The van der Waals surface area contributed by atoms with Gasteiger partial charge in [0.2, 0.25) is 5.91 Å². The molecule has 1 saturated heterocycles. The predicted octanol–water partition coefficient (Wildman–Crippen LogP) is 2.14. The standard InChI is InChI=1S/C16H20N4O/c21-15(4-3-13-5-7-17-8-6-13)20-11-1-2-14(12-20)16-18-9-10-19-16/h5-10,14H,1-4,11-12H2,(H,18,19)/t14-/m1/s1. The first kappa shape index (κ1) is 13.8. The number of amides is 1. The summed E-state index contributed by atoms with van der Waals surface area (Å²) in [6.07, 6.45) is 10.7. The van der Waals surface area contributed by atoms with Gasteiger partial charge in [-0.05, 0) is 37.0 Å². The van der Waals surface area contributed by atoms with E-state index >= 15 is 0 Å². The lowest BCUT2D eigenvalue weighted by molar-refractivity contribution is -0.132. The molecule has 3 heterocycles. The lowest BCUT2D eigenvalue weighted by atomic mass is 9.97. The number of hydrogen-bond acceptors (Lipinski definition) is 3. The second-order valence-electron chi connectivity index (χ2n) is 5.51. The Morgan fingerprint density at radius 2 is 2.19 bits per heavy atom. The van der Waals surface area contributed by atoms with Gasteiger partial charge in [-0.3, -0.25) is 9.78 Å². The number of carbonyl (C=O) groups is 1. The molecule has 5 heteroatoms. The summed E-state index contributed by atoms with van der Waals surface area (Å²) in [5.41, 5.74) is 1.16. The minimum absolute atomic E-state index is 0.239. The lowest BCUT2D eigenvalue weighted by Gasteiger charge is -2.32. The molecule has 1 fully saturated rings. The highest BCUT2D eigenvalue weighted by Crippen LogP contribution is 2.24. The van der Waals surface area contributed by atoms with Gasteiger partial charge in [0.25, 0.3) is 0 Å². The molecule has 0 spiro atoms. The molecule has 1 aliphatic heterocycles. The number of carbonyl (C=O) groups excluding carboxylic acids is 1. The summed E-state index contributed by atoms with van der Waals surface area (Å²) in [7, 11) is 0. The van der Waals surface area contributed by atoms with E-state index in [1.165, 1.54) is 0 Å². The van der Waals surface area contributed by atoms with E-state index in [1.807, 2.05) is 23.2 Å². The van der Waals surface area contributed by atoms with Crippen molar-refractivity contribution in [1.29, 1.82) is 0 Å². The zero-order valence-corrected chi connectivity index (χ0v) is 12.0. The van der Waals surface area contributed by atoms with Crippen LogP contribution in [-0.4, -0.2) is 38.8 Å². The summed E-state index contributed by atoms with van der Waals surface area (Å²) in [5, 5.41) is 0. The first-order valence-electron chi connectivity index (χ1n) is 7.49. The van der Waals surface area contributed by atoms with Crippen molar-refractivity contribution in [1.82, 2.24) is 19.9 Å². The van der Waals surface area contributed by atoms with E-state index in [4.69, 9.17) is 0 Å². The van der Waals surface area contributed by atoms with Crippen LogP contribution in [0.3, 0.4) is 0 Å². The van der Waals surface area contributed by atoms with Crippen molar-refractivity contribution < 1.29 is 4.79 Å². The molecular formula is C16H20N4O. The molecule has 0 radical (unpaired) electrons. The molecule has 0 bridgehead atoms. The summed E-state index contributed by atoms with van der Waals surface area (Å²) < 4.78 is 0. The number of hydrogen-bond donors (Lipinski definition) is 1. The van der Waals surface area contributed by atoms with E-state index in [0.29, 0.717) is 12.3 Å². The van der Waals surface area contributed by atoms with Crippen LogP contribution in [-0.2, 0) is 11.2 Å². The number of nitrogens with one attached hydrogen (secondary N) is 1. The summed E-state index contributed by atoms with van der Waals surface area (Å²) in [5.74, 6) is 1.59. The number of aryl methyl sites for hydroxylation is 1. The highest BCUT2D eigenvalue weighted by molar-refractivity contribution is 5.76. The highest BCUT2D eigenvalue weighted by atomic mass is 16.2. The van der Waals surface area contributed by atoms with Gasteiger partial charge in [-0.25, -0.2) is 4.98 Å². The average molecular weight is 284 g/mol. The van der Waals surface area contributed by atoms with Crippen LogP contribution in [0.25, 0.3) is 0 Å². The molecule has 3 rings (SSSR count). The molecule has 0 aromatic carbocycles. The van der Waals surface area contributed by atoms with Crippen molar-refractivity contribution in [2.45, 2.75) is 31.6 Å². The number of imidazole rings is 1. The molecule has 0 unspecified atom stereocenters. The third kappa shape index (κ3) is 3.48. The monoisotopic (exact) mass is 284 g/mol. The minimum Gasteiger partial charge on any atom is -0.348 e. The number of likely N-dealkylation sites (tertiary alicyclic amines) is 1. The van der Waals surface area contributed by atoms with Gasteiger partial charge >= 0.3 is 0 Å². The van der Waals surface area contributed by atoms with Crippen LogP contribution in [0.15, 0.2) is 36.9 Å². The van der Waals surface area contributed by atoms with Gasteiger partial charge in [-0.1, -0.05) is 0 Å². The second kappa shape index (κ2) is 6.52. The fourth-order valence-electron chi connectivity index (χ4n) is 2.89. The topological polar surface area (TPSA) is 61.9 Å². The summed E-state index contributed by atoms with van der Waals surface area (Å²) >= 11 is 0. The first-order chi connectivity index (χ1) is 10.3. The van der Waals surface area contributed by atoms with Crippen LogP contribution in [0.2, 0.25) is 0 Å². The van der Waals surface area contributed by atoms with E-state index in [-0.39, 0.29) is 5.91 Å². The van der Waals surface area contributed by atoms with Crippen molar-refractivity contribution in [2.75, 3.05) is 13.1 Å². The Morgan fingerprint density at radius 3 is 2.95 bits per heavy atom. The molecule has 0 saturated carbocycles. The zero-order valence-electron chi connectivity index (χ0n) is 12.0. The number of nitrogens with zero attached hydrogens (tertiary/aromatic N) is 3. The average Bonchev–Trinajstić information content (AvgIpc) is 3.08. The number of H-pyrrole nitrogens is 1. The maximum atomic E-state index is 12.4. The van der Waals surface area contributed by atoms with E-state index in [0.717, 1.165) is 43.7 Å². The Balaban J connectivity index is 1.55. The van der Waals surface area contributed by atoms with Crippen LogP contribution in [0.1, 0.15) is 36.6 Å². The summed E-state index contributed by atoms with van der Waals surface area (Å²) in [4.78, 5) is 25.8. The number of aromatic nitrogens is 3. The third-order valence-electron chi connectivity index (χ3n) is 4.06. The van der Waals surface area contributed by atoms with Crippen LogP contribution in [0, 0.1) is 0 Å². The first-order valence-corrected chi connectivity index (χ1v) is 7.49. The van der Waals surface area contributed by atoms with Crippen molar-refractivity contribution in [3.63, 3.8) is 0 Å². The van der Waals surface area contributed by atoms with Crippen molar-refractivity contribution >= 4 is 5.91 Å². The van der Waals surface area contributed by atoms with Crippen LogP contribution >= 0.6 is 0 Å². The largest absolute Gasteiger partial charge is 0.348 e. The molecule has 21 heavy (non-hydrogen) atoms. The second-order valence-corrected chi connectivity index (χ2v) is 5.51. The molecule has 110 valence electrons. The Kier molecular flexibility index (Phi) is 4.28. The van der Waals surface area contributed by atoms with E-state index in [9.17, 15) is 4.79 Å². The maximum absolute atomic E-state index is 12.4. The highest BCUT2D eigenvalue weighted by Gasteiger charge is 2.25. The quantitative estimate of drug-likeness (QED) is 0.935. The molecule has 1 atom stereocenters. The van der Waals surface area contributed by atoms with Crippen molar-refractivity contribution in [3.05, 3.63) is 48.3 Å². The molecular weight excluding hydrogens is 264 g/mol. The molecule has 5 nitrogen and oxygen atoms in total. The SMILES string of the molecule is O=C(CCc1ccncc1)N1CCC[C@@H](c2ncc[nH]2)C1. The summed E-state index contributed by atoms with van der Waals surface area (Å²) in [6.45, 7) is 1.65. The number of rotatable bonds is 4. The Morgan fingerprint density at radius 1 is 1.33 bits per heavy atom. The van der Waals surface area contributed by atoms with Gasteiger partial charge < -0.3 is 9.88 Å². The van der Waals surface area contributed by atoms with Crippen molar-refractivity contribution in [2.24, 2.45) is 0 Å². The lowest BCUT2D eigenvalue weighted by Crippen LogP contribution is -2.39. The van der Waals surface area contributed by atoms with Gasteiger partial charge in [-0.2, -0.15) is 0 Å². The molecule has 2 aromatic rings. The van der Waals surface area contributed by atoms with E-state index < -0.39 is 0 Å². The Labute approximate surface area is 124 Å². The Bertz CT molecular complexity index is 567. The normalized spacial score (nSPS) is 18.7. The van der Waals surface area contributed by atoms with Crippen LogP contribution < -0.4 is 0 Å². The molecule has 1 amide bonds. The van der Waals surface area contributed by atoms with Gasteiger partial charge in [0.05, 0.1) is 0 Å². The van der Waals surface area contributed by atoms with Gasteiger partial charge in [0.1, 0.15) is 5.82 Å². The summed E-state index contributed by atoms with van der Waals surface area (Å²) in [6, 6.07) is 3.93. The van der Waals surface area contributed by atoms with Crippen LogP contribution in [0.4, 0.5) is 0 Å². The van der Waals surface area contributed by atoms with Gasteiger partial charge in [-0.15, -0.1) is 0 Å².